The maximum Gasteiger partial charge on any atom is 0.330 e. The molecule has 5 heteroatoms. The number of carboxylic acid groups (broad SMARTS) is 1. The predicted octanol–water partition coefficient (Wildman–Crippen LogP) is 0.0757. The number of hydrogen-bond acceptors (Lipinski definition) is 2. The maximum atomic E-state index is 10.2. The molecule has 0 fully saturated rings. The molecule has 0 unspecified atom stereocenters. The Morgan fingerprint density at radius 3 is 2.50 bits per heavy atom. The number of hydrogen-bond donors (Lipinski definition) is 3. The third-order valence-electron chi connectivity index (χ3n) is 1.26. The maximum absolute atomic E-state index is 10.2. The van der Waals surface area contributed by atoms with Crippen LogP contribution in [0, 0.1) is 0 Å². The van der Waals surface area contributed by atoms with Gasteiger partial charge < -0.3 is 16.2 Å². The molecule has 5 nitrogen and oxygen atoms in total. The van der Waals surface area contributed by atoms with Gasteiger partial charge in [-0.3, -0.25) is 0 Å². The summed E-state index contributed by atoms with van der Waals surface area (Å²) >= 11 is 0. The van der Waals surface area contributed by atoms with E-state index >= 15 is 0 Å². The van der Waals surface area contributed by atoms with Crippen molar-refractivity contribution in [2.24, 2.45) is 5.73 Å². The van der Waals surface area contributed by atoms with Crippen LogP contribution < -0.4 is 11.1 Å². The largest absolute Gasteiger partial charge is 0.478 e. The second kappa shape index (κ2) is 5.17. The van der Waals surface area contributed by atoms with Crippen molar-refractivity contribution < 1.29 is 14.7 Å². The van der Waals surface area contributed by atoms with Gasteiger partial charge in [0.1, 0.15) is 0 Å². The lowest BCUT2D eigenvalue weighted by atomic mass is 10.2. The molecule has 0 aliphatic carbocycles. The highest BCUT2D eigenvalue weighted by Crippen LogP contribution is 2.00. The molecule has 0 bridgehead atoms. The summed E-state index contributed by atoms with van der Waals surface area (Å²) in [5, 5.41) is 10.7. The van der Waals surface area contributed by atoms with E-state index in [1.54, 1.807) is 0 Å². The molecular weight excluding hydrogens is 160 g/mol. The number of amides is 2. The summed E-state index contributed by atoms with van der Waals surface area (Å²) < 4.78 is 0. The van der Waals surface area contributed by atoms with E-state index in [0.29, 0.717) is 19.4 Å². The first kappa shape index (κ1) is 10.5. The molecule has 0 aromatic carbocycles. The molecule has 2 amide bonds. The van der Waals surface area contributed by atoms with E-state index in [2.05, 4.69) is 11.9 Å². The Bertz CT molecular complexity index is 201. The topological polar surface area (TPSA) is 92.4 Å². The third-order valence-corrected chi connectivity index (χ3v) is 1.26. The van der Waals surface area contributed by atoms with E-state index < -0.39 is 12.0 Å². The van der Waals surface area contributed by atoms with Crippen LogP contribution in [0.4, 0.5) is 4.79 Å². The molecule has 0 aromatic heterocycles. The molecule has 0 saturated carbocycles. The Labute approximate surface area is 70.2 Å². The van der Waals surface area contributed by atoms with Gasteiger partial charge in [0, 0.05) is 12.1 Å². The number of nitrogens with two attached hydrogens (primary N) is 1. The van der Waals surface area contributed by atoms with E-state index in [0.717, 1.165) is 0 Å². The lowest BCUT2D eigenvalue weighted by molar-refractivity contribution is -0.132. The summed E-state index contributed by atoms with van der Waals surface area (Å²) in [5.74, 6) is -1.01. The van der Waals surface area contributed by atoms with Crippen LogP contribution >= 0.6 is 0 Å². The third kappa shape index (κ3) is 5.28. The van der Waals surface area contributed by atoms with Gasteiger partial charge in [0.05, 0.1) is 0 Å². The molecule has 0 heterocycles. The lowest BCUT2D eigenvalue weighted by Gasteiger charge is -2.00. The zero-order chi connectivity index (χ0) is 9.56. The lowest BCUT2D eigenvalue weighted by Crippen LogP contribution is -2.30. The molecule has 0 aliphatic rings. The van der Waals surface area contributed by atoms with Gasteiger partial charge in [-0.25, -0.2) is 9.59 Å². The van der Waals surface area contributed by atoms with Crippen LogP contribution in [0.1, 0.15) is 12.8 Å². The monoisotopic (exact) mass is 172 g/mol. The van der Waals surface area contributed by atoms with Crippen LogP contribution in [0.25, 0.3) is 0 Å². The van der Waals surface area contributed by atoms with Gasteiger partial charge in [-0.1, -0.05) is 6.58 Å². The average molecular weight is 172 g/mol. The Morgan fingerprint density at radius 2 is 2.08 bits per heavy atom. The highest BCUT2D eigenvalue weighted by Gasteiger charge is 2.02. The molecule has 0 atom stereocenters. The molecule has 68 valence electrons. The van der Waals surface area contributed by atoms with Crippen LogP contribution in [-0.2, 0) is 4.79 Å². The average Bonchev–Trinajstić information content (AvgIpc) is 1.97. The first-order chi connectivity index (χ1) is 5.54. The van der Waals surface area contributed by atoms with Crippen molar-refractivity contribution in [3.05, 3.63) is 12.2 Å². The quantitative estimate of drug-likeness (QED) is 0.405. The number of urea groups is 1. The van der Waals surface area contributed by atoms with Crippen LogP contribution in [-0.4, -0.2) is 23.7 Å². The number of aliphatic carboxylic acids is 1. The molecule has 0 saturated heterocycles. The zero-order valence-electron chi connectivity index (χ0n) is 6.67. The van der Waals surface area contributed by atoms with Crippen LogP contribution in [0.5, 0.6) is 0 Å². The van der Waals surface area contributed by atoms with E-state index in [9.17, 15) is 9.59 Å². The van der Waals surface area contributed by atoms with Crippen molar-refractivity contribution in [2.75, 3.05) is 6.54 Å². The Hall–Kier alpha value is -1.52. The van der Waals surface area contributed by atoms with Gasteiger partial charge >= 0.3 is 12.0 Å². The number of nitrogens with one attached hydrogen (secondary N) is 1. The fraction of sp³-hybridized carbons (Fsp3) is 0.429. The summed E-state index contributed by atoms with van der Waals surface area (Å²) in [4.78, 5) is 20.4. The first-order valence-electron chi connectivity index (χ1n) is 3.48. The minimum atomic E-state index is -1.01. The second-order valence-electron chi connectivity index (χ2n) is 2.30. The van der Waals surface area contributed by atoms with Crippen molar-refractivity contribution >= 4 is 12.0 Å². The summed E-state index contributed by atoms with van der Waals surface area (Å²) in [7, 11) is 0. The Kier molecular flexibility index (Phi) is 4.52. The molecular formula is C7H12N2O3. The molecule has 4 N–H and O–H groups in total. The van der Waals surface area contributed by atoms with Crippen molar-refractivity contribution in [3.8, 4) is 0 Å². The van der Waals surface area contributed by atoms with E-state index in [4.69, 9.17) is 10.8 Å². The number of carboxylic acids is 1. The van der Waals surface area contributed by atoms with Crippen molar-refractivity contribution in [1.82, 2.24) is 5.32 Å². The minimum Gasteiger partial charge on any atom is -0.478 e. The van der Waals surface area contributed by atoms with Crippen molar-refractivity contribution in [3.63, 3.8) is 0 Å². The Balaban J connectivity index is 3.38. The van der Waals surface area contributed by atoms with Gasteiger partial charge in [-0.2, -0.15) is 0 Å². The van der Waals surface area contributed by atoms with Crippen molar-refractivity contribution in [2.45, 2.75) is 12.8 Å². The highest BCUT2D eigenvalue weighted by atomic mass is 16.4. The van der Waals surface area contributed by atoms with E-state index in [1.165, 1.54) is 0 Å². The number of carbonyl (C=O) groups excluding carboxylic acids is 1. The van der Waals surface area contributed by atoms with Crippen molar-refractivity contribution in [1.29, 1.82) is 0 Å². The second-order valence-corrected chi connectivity index (χ2v) is 2.30. The molecule has 0 rings (SSSR count). The van der Waals surface area contributed by atoms with E-state index in [1.807, 2.05) is 0 Å². The van der Waals surface area contributed by atoms with Gasteiger partial charge in [-0.15, -0.1) is 0 Å². The van der Waals surface area contributed by atoms with Gasteiger partial charge in [-0.05, 0) is 12.8 Å². The first-order valence-corrected chi connectivity index (χ1v) is 3.48. The smallest absolute Gasteiger partial charge is 0.330 e. The van der Waals surface area contributed by atoms with Gasteiger partial charge in [0.15, 0.2) is 0 Å². The summed E-state index contributed by atoms with van der Waals surface area (Å²) in [6, 6.07) is -0.601. The fourth-order valence-corrected chi connectivity index (χ4v) is 0.620. The zero-order valence-corrected chi connectivity index (χ0v) is 6.67. The van der Waals surface area contributed by atoms with Crippen LogP contribution in [0.15, 0.2) is 12.2 Å². The number of carbonyl (C=O) groups is 2. The van der Waals surface area contributed by atoms with Crippen LogP contribution in [0.2, 0.25) is 0 Å². The SMILES string of the molecule is C=C(CCCNC(N)=O)C(=O)O. The molecule has 0 aliphatic heterocycles. The summed E-state index contributed by atoms with van der Waals surface area (Å²) in [6.07, 6.45) is 0.893. The van der Waals surface area contributed by atoms with Crippen LogP contribution in [0.3, 0.4) is 0 Å². The molecule has 0 spiro atoms. The standard InChI is InChI=1S/C7H12N2O3/c1-5(6(10)11)3-2-4-9-7(8)12/h1-4H2,(H,10,11)(H3,8,9,12). The van der Waals surface area contributed by atoms with Gasteiger partial charge in [0.2, 0.25) is 0 Å². The normalized spacial score (nSPS) is 9.00. The Morgan fingerprint density at radius 1 is 1.50 bits per heavy atom. The van der Waals surface area contributed by atoms with E-state index in [-0.39, 0.29) is 5.57 Å². The summed E-state index contributed by atoms with van der Waals surface area (Å²) in [5.41, 5.74) is 4.92. The summed E-state index contributed by atoms with van der Waals surface area (Å²) in [6.45, 7) is 3.70. The van der Waals surface area contributed by atoms with Gasteiger partial charge in [0.25, 0.3) is 0 Å². The molecule has 12 heavy (non-hydrogen) atoms. The fourth-order valence-electron chi connectivity index (χ4n) is 0.620. The predicted molar refractivity (Wildman–Crippen MR) is 43.6 cm³/mol. The molecule has 0 radical (unpaired) electrons. The molecule has 0 aromatic rings. The number of primary amides is 1. The minimum absolute atomic E-state index is 0.140. The number of rotatable bonds is 5. The highest BCUT2D eigenvalue weighted by molar-refractivity contribution is 5.85.